The summed E-state index contributed by atoms with van der Waals surface area (Å²) in [6.45, 7) is 2.82. The lowest BCUT2D eigenvalue weighted by Crippen LogP contribution is -2.22. The number of aromatic nitrogens is 1. The highest BCUT2D eigenvalue weighted by Crippen LogP contribution is 2.26. The van der Waals surface area contributed by atoms with Gasteiger partial charge in [-0.2, -0.15) is 0 Å². The van der Waals surface area contributed by atoms with Crippen molar-refractivity contribution in [3.8, 4) is 28.3 Å². The Kier molecular flexibility index (Phi) is 7.42. The lowest BCUT2D eigenvalue weighted by molar-refractivity contribution is 0.0950. The Morgan fingerprint density at radius 3 is 2.24 bits per heavy atom. The first kappa shape index (κ1) is 24.1. The van der Waals surface area contributed by atoms with Gasteiger partial charge < -0.3 is 14.5 Å². The number of rotatable bonds is 9. The maximum Gasteiger partial charge on any atom is 0.251 e. The standard InChI is InChI=1S/C32H28N2O3/c1-23-30(34-32(37-23)27-17-15-26(16-18-27)25-11-6-3-7-12-25)19-20-36-29-14-8-13-28(21-29)31(35)33-22-24-9-4-2-5-10-24/h2-18,21H,19-20,22H2,1H3,(H,33,35). The van der Waals surface area contributed by atoms with Crippen molar-refractivity contribution in [1.29, 1.82) is 0 Å². The molecule has 37 heavy (non-hydrogen) atoms. The van der Waals surface area contributed by atoms with Crippen LogP contribution in [0.15, 0.2) is 114 Å². The number of oxazole rings is 1. The molecule has 0 unspecified atom stereocenters. The summed E-state index contributed by atoms with van der Waals surface area (Å²) < 4.78 is 11.9. The van der Waals surface area contributed by atoms with Crippen molar-refractivity contribution in [2.45, 2.75) is 19.9 Å². The zero-order valence-corrected chi connectivity index (χ0v) is 20.7. The number of hydrogen-bond acceptors (Lipinski definition) is 4. The van der Waals surface area contributed by atoms with Crippen molar-refractivity contribution in [2.75, 3.05) is 6.61 Å². The van der Waals surface area contributed by atoms with E-state index in [0.717, 1.165) is 28.1 Å². The van der Waals surface area contributed by atoms with Crippen LogP contribution in [-0.4, -0.2) is 17.5 Å². The number of benzene rings is 4. The van der Waals surface area contributed by atoms with Gasteiger partial charge in [-0.1, -0.05) is 78.9 Å². The Bertz CT molecular complexity index is 1460. The molecular weight excluding hydrogens is 460 g/mol. The highest BCUT2D eigenvalue weighted by molar-refractivity contribution is 5.94. The molecule has 4 aromatic carbocycles. The van der Waals surface area contributed by atoms with Crippen LogP contribution < -0.4 is 10.1 Å². The van der Waals surface area contributed by atoms with Crippen molar-refractivity contribution in [3.05, 3.63) is 132 Å². The summed E-state index contributed by atoms with van der Waals surface area (Å²) >= 11 is 0. The normalized spacial score (nSPS) is 10.7. The van der Waals surface area contributed by atoms with Crippen LogP contribution in [0.2, 0.25) is 0 Å². The Balaban J connectivity index is 1.17. The van der Waals surface area contributed by atoms with Crippen LogP contribution >= 0.6 is 0 Å². The molecule has 0 fully saturated rings. The van der Waals surface area contributed by atoms with Gasteiger partial charge in [0.15, 0.2) is 0 Å². The number of amides is 1. The van der Waals surface area contributed by atoms with Gasteiger partial charge in [-0.3, -0.25) is 4.79 Å². The minimum absolute atomic E-state index is 0.135. The highest BCUT2D eigenvalue weighted by Gasteiger charge is 2.12. The summed E-state index contributed by atoms with van der Waals surface area (Å²) in [5.41, 5.74) is 5.73. The summed E-state index contributed by atoms with van der Waals surface area (Å²) in [6, 6.07) is 35.5. The van der Waals surface area contributed by atoms with Crippen LogP contribution in [0.25, 0.3) is 22.6 Å². The monoisotopic (exact) mass is 488 g/mol. The lowest BCUT2D eigenvalue weighted by atomic mass is 10.0. The number of nitrogens with one attached hydrogen (secondary N) is 1. The minimum Gasteiger partial charge on any atom is -0.493 e. The third-order valence-electron chi connectivity index (χ3n) is 6.13. The molecule has 5 heteroatoms. The molecule has 1 aromatic heterocycles. The number of ether oxygens (including phenoxy) is 1. The first-order chi connectivity index (χ1) is 18.2. The van der Waals surface area contributed by atoms with Gasteiger partial charge in [0.25, 0.3) is 5.91 Å². The Morgan fingerprint density at radius 1 is 0.811 bits per heavy atom. The molecule has 0 aliphatic heterocycles. The molecule has 0 radical (unpaired) electrons. The lowest BCUT2D eigenvalue weighted by Gasteiger charge is -2.08. The zero-order valence-electron chi connectivity index (χ0n) is 20.7. The summed E-state index contributed by atoms with van der Waals surface area (Å²) in [4.78, 5) is 17.3. The van der Waals surface area contributed by atoms with Crippen LogP contribution in [0.4, 0.5) is 0 Å². The third kappa shape index (κ3) is 6.14. The minimum atomic E-state index is -0.135. The molecule has 0 aliphatic carbocycles. The first-order valence-corrected chi connectivity index (χ1v) is 12.3. The second-order valence-corrected chi connectivity index (χ2v) is 8.76. The van der Waals surface area contributed by atoms with Crippen molar-refractivity contribution >= 4 is 5.91 Å². The largest absolute Gasteiger partial charge is 0.493 e. The quantitative estimate of drug-likeness (QED) is 0.246. The molecule has 0 spiro atoms. The average Bonchev–Trinajstić information content (AvgIpc) is 3.33. The van der Waals surface area contributed by atoms with Crippen LogP contribution in [0.1, 0.15) is 27.4 Å². The van der Waals surface area contributed by atoms with Gasteiger partial charge in [0.2, 0.25) is 5.89 Å². The molecular formula is C32H28N2O3. The summed E-state index contributed by atoms with van der Waals surface area (Å²) in [5, 5.41) is 2.95. The Hall–Kier alpha value is -4.64. The fourth-order valence-corrected chi connectivity index (χ4v) is 4.09. The number of carbonyl (C=O) groups is 1. The van der Waals surface area contributed by atoms with E-state index in [9.17, 15) is 4.79 Å². The molecule has 0 atom stereocenters. The second kappa shape index (κ2) is 11.4. The smallest absolute Gasteiger partial charge is 0.251 e. The summed E-state index contributed by atoms with van der Waals surface area (Å²) in [6.07, 6.45) is 0.599. The topological polar surface area (TPSA) is 64.4 Å². The van der Waals surface area contributed by atoms with E-state index in [0.29, 0.717) is 36.8 Å². The molecule has 1 amide bonds. The van der Waals surface area contributed by atoms with E-state index < -0.39 is 0 Å². The van der Waals surface area contributed by atoms with Crippen molar-refractivity contribution < 1.29 is 13.9 Å². The first-order valence-electron chi connectivity index (χ1n) is 12.3. The summed E-state index contributed by atoms with van der Waals surface area (Å²) in [5.74, 6) is 1.89. The number of nitrogens with zero attached hydrogens (tertiary/aromatic N) is 1. The molecule has 184 valence electrons. The molecule has 1 heterocycles. The molecule has 0 aliphatic rings. The van der Waals surface area contributed by atoms with Crippen molar-refractivity contribution in [2.24, 2.45) is 0 Å². The van der Waals surface area contributed by atoms with E-state index in [1.165, 1.54) is 5.56 Å². The van der Waals surface area contributed by atoms with E-state index in [1.54, 1.807) is 12.1 Å². The maximum atomic E-state index is 12.6. The van der Waals surface area contributed by atoms with Crippen LogP contribution in [0.3, 0.4) is 0 Å². The van der Waals surface area contributed by atoms with Gasteiger partial charge in [0, 0.05) is 24.1 Å². The van der Waals surface area contributed by atoms with Crippen LogP contribution in [0, 0.1) is 6.92 Å². The zero-order chi connectivity index (χ0) is 25.5. The molecule has 0 saturated carbocycles. The number of aryl methyl sites for hydroxylation is 1. The molecule has 0 saturated heterocycles. The van der Waals surface area contributed by atoms with Gasteiger partial charge >= 0.3 is 0 Å². The van der Waals surface area contributed by atoms with Gasteiger partial charge in [-0.25, -0.2) is 4.98 Å². The SMILES string of the molecule is Cc1oc(-c2ccc(-c3ccccc3)cc2)nc1CCOc1cccc(C(=O)NCc2ccccc2)c1. The van der Waals surface area contributed by atoms with Gasteiger partial charge in [0.1, 0.15) is 11.5 Å². The van der Waals surface area contributed by atoms with E-state index in [1.807, 2.05) is 79.7 Å². The predicted octanol–water partition coefficient (Wildman–Crippen LogP) is 6.87. The highest BCUT2D eigenvalue weighted by atomic mass is 16.5. The number of carbonyl (C=O) groups excluding carboxylic acids is 1. The van der Waals surface area contributed by atoms with Gasteiger partial charge in [-0.05, 0) is 53.9 Å². The fourth-order valence-electron chi connectivity index (χ4n) is 4.09. The molecule has 5 rings (SSSR count). The molecule has 0 bridgehead atoms. The molecule has 5 nitrogen and oxygen atoms in total. The van der Waals surface area contributed by atoms with E-state index in [2.05, 4.69) is 29.6 Å². The second-order valence-electron chi connectivity index (χ2n) is 8.76. The fraction of sp³-hybridized carbons (Fsp3) is 0.125. The van der Waals surface area contributed by atoms with Crippen molar-refractivity contribution in [1.82, 2.24) is 10.3 Å². The van der Waals surface area contributed by atoms with Crippen LogP contribution in [-0.2, 0) is 13.0 Å². The third-order valence-corrected chi connectivity index (χ3v) is 6.13. The van der Waals surface area contributed by atoms with Crippen molar-refractivity contribution in [3.63, 3.8) is 0 Å². The average molecular weight is 489 g/mol. The van der Waals surface area contributed by atoms with E-state index >= 15 is 0 Å². The molecule has 5 aromatic rings. The van der Waals surface area contributed by atoms with Gasteiger partial charge in [-0.15, -0.1) is 0 Å². The predicted molar refractivity (Wildman–Crippen MR) is 145 cm³/mol. The maximum absolute atomic E-state index is 12.6. The van der Waals surface area contributed by atoms with Gasteiger partial charge in [0.05, 0.1) is 12.3 Å². The van der Waals surface area contributed by atoms with Crippen LogP contribution in [0.5, 0.6) is 5.75 Å². The Morgan fingerprint density at radius 2 is 1.49 bits per heavy atom. The van der Waals surface area contributed by atoms with E-state index in [4.69, 9.17) is 14.1 Å². The molecule has 1 N–H and O–H groups in total. The Labute approximate surface area is 216 Å². The summed E-state index contributed by atoms with van der Waals surface area (Å²) in [7, 11) is 0. The van der Waals surface area contributed by atoms with E-state index in [-0.39, 0.29) is 5.91 Å². The number of hydrogen-bond donors (Lipinski definition) is 1.